The topological polar surface area (TPSA) is 46.3 Å². The largest absolute Gasteiger partial charge is 0.337 e. The van der Waals surface area contributed by atoms with Crippen LogP contribution in [0.25, 0.3) is 0 Å². The summed E-state index contributed by atoms with van der Waals surface area (Å²) in [5.74, 6) is 0.0343. The van der Waals surface area contributed by atoms with Crippen molar-refractivity contribution in [2.24, 2.45) is 5.73 Å². The number of amides is 1. The van der Waals surface area contributed by atoms with Crippen LogP contribution in [0.3, 0.4) is 0 Å². The van der Waals surface area contributed by atoms with E-state index in [-0.39, 0.29) is 24.4 Å². The lowest BCUT2D eigenvalue weighted by Crippen LogP contribution is -2.45. The number of nitrogens with two attached hydrogens (primary N) is 1. The van der Waals surface area contributed by atoms with Crippen LogP contribution in [0.15, 0.2) is 18.2 Å². The lowest BCUT2D eigenvalue weighted by molar-refractivity contribution is 0.0708. The van der Waals surface area contributed by atoms with E-state index < -0.39 is 0 Å². The maximum atomic E-state index is 12.3. The molecule has 0 saturated carbocycles. The Morgan fingerprint density at radius 1 is 1.50 bits per heavy atom. The molecule has 3 nitrogen and oxygen atoms in total. The fraction of sp³-hybridized carbons (Fsp3) is 0.417. The Morgan fingerprint density at radius 2 is 2.22 bits per heavy atom. The molecule has 1 aromatic carbocycles. The van der Waals surface area contributed by atoms with Gasteiger partial charge < -0.3 is 10.6 Å². The molecule has 1 amide bonds. The third-order valence-electron chi connectivity index (χ3n) is 2.90. The van der Waals surface area contributed by atoms with Crippen molar-refractivity contribution in [1.29, 1.82) is 0 Å². The van der Waals surface area contributed by atoms with Crippen LogP contribution >= 0.6 is 46.6 Å². The molecule has 0 aliphatic carbocycles. The van der Waals surface area contributed by atoms with Crippen LogP contribution in [-0.2, 0) is 0 Å². The standard InChI is InChI=1S/C12H14ClIN2O.ClH/c13-8-3-4-11(14)10(6-8)12(17)16-5-1-2-9(15)7-16;/h3-4,6,9H,1-2,5,7,15H2;1H/t9-;/m1./s1. The van der Waals surface area contributed by atoms with Crippen LogP contribution in [0.2, 0.25) is 5.02 Å². The maximum Gasteiger partial charge on any atom is 0.255 e. The maximum absolute atomic E-state index is 12.3. The number of halogens is 3. The van der Waals surface area contributed by atoms with Crippen molar-refractivity contribution in [2.45, 2.75) is 18.9 Å². The van der Waals surface area contributed by atoms with E-state index in [9.17, 15) is 4.79 Å². The van der Waals surface area contributed by atoms with Gasteiger partial charge in [0.25, 0.3) is 5.91 Å². The van der Waals surface area contributed by atoms with Crippen molar-refractivity contribution in [1.82, 2.24) is 4.90 Å². The Bertz CT molecular complexity index is 442. The molecule has 1 fully saturated rings. The number of benzene rings is 1. The third kappa shape index (κ3) is 3.73. The van der Waals surface area contributed by atoms with E-state index in [1.54, 1.807) is 12.1 Å². The molecule has 1 aliphatic rings. The van der Waals surface area contributed by atoms with E-state index in [1.807, 2.05) is 11.0 Å². The SMILES string of the molecule is Cl.N[C@@H]1CCCN(C(=O)c2cc(Cl)ccc2I)C1. The van der Waals surface area contributed by atoms with E-state index in [1.165, 1.54) is 0 Å². The molecule has 100 valence electrons. The minimum atomic E-state index is 0. The fourth-order valence-corrected chi connectivity index (χ4v) is 2.76. The van der Waals surface area contributed by atoms with Crippen LogP contribution in [-0.4, -0.2) is 29.9 Å². The van der Waals surface area contributed by atoms with E-state index in [0.29, 0.717) is 17.1 Å². The van der Waals surface area contributed by atoms with E-state index in [2.05, 4.69) is 22.6 Å². The summed E-state index contributed by atoms with van der Waals surface area (Å²) in [7, 11) is 0. The molecule has 1 saturated heterocycles. The van der Waals surface area contributed by atoms with Gasteiger partial charge in [0.2, 0.25) is 0 Å². The molecule has 0 aromatic heterocycles. The summed E-state index contributed by atoms with van der Waals surface area (Å²) < 4.78 is 0.927. The predicted molar refractivity (Wildman–Crippen MR) is 84.5 cm³/mol. The zero-order valence-electron chi connectivity index (χ0n) is 9.73. The summed E-state index contributed by atoms with van der Waals surface area (Å²) in [6.45, 7) is 1.43. The van der Waals surface area contributed by atoms with Crippen LogP contribution in [0.1, 0.15) is 23.2 Å². The quantitative estimate of drug-likeness (QED) is 0.736. The van der Waals surface area contributed by atoms with Crippen molar-refractivity contribution in [2.75, 3.05) is 13.1 Å². The smallest absolute Gasteiger partial charge is 0.255 e. The van der Waals surface area contributed by atoms with Crippen LogP contribution in [0.5, 0.6) is 0 Å². The second-order valence-corrected chi connectivity index (χ2v) is 5.88. The molecule has 18 heavy (non-hydrogen) atoms. The zero-order valence-corrected chi connectivity index (χ0v) is 13.5. The Kier molecular flexibility index (Phi) is 6.17. The summed E-state index contributed by atoms with van der Waals surface area (Å²) in [5.41, 5.74) is 6.56. The molecule has 1 aliphatic heterocycles. The zero-order chi connectivity index (χ0) is 12.4. The van der Waals surface area contributed by atoms with Gasteiger partial charge in [0, 0.05) is 27.7 Å². The van der Waals surface area contributed by atoms with Gasteiger partial charge in [0.15, 0.2) is 0 Å². The van der Waals surface area contributed by atoms with Crippen LogP contribution in [0, 0.1) is 3.57 Å². The Hall–Kier alpha value is -0.0400. The number of hydrogen-bond donors (Lipinski definition) is 1. The molecule has 1 heterocycles. The molecule has 0 spiro atoms. The minimum Gasteiger partial charge on any atom is -0.337 e. The first-order valence-corrected chi connectivity index (χ1v) is 7.03. The predicted octanol–water partition coefficient (Wildman–Crippen LogP) is 2.93. The summed E-state index contributed by atoms with van der Waals surface area (Å²) in [4.78, 5) is 14.1. The van der Waals surface area contributed by atoms with Crippen LogP contribution in [0.4, 0.5) is 0 Å². The lowest BCUT2D eigenvalue weighted by Gasteiger charge is -2.31. The van der Waals surface area contributed by atoms with Gasteiger partial charge >= 0.3 is 0 Å². The second-order valence-electron chi connectivity index (χ2n) is 4.28. The highest BCUT2D eigenvalue weighted by Crippen LogP contribution is 2.21. The first-order chi connectivity index (χ1) is 8.08. The number of carbonyl (C=O) groups is 1. The number of likely N-dealkylation sites (tertiary alicyclic amines) is 1. The third-order valence-corrected chi connectivity index (χ3v) is 4.08. The van der Waals surface area contributed by atoms with Crippen molar-refractivity contribution < 1.29 is 4.79 Å². The molecular weight excluding hydrogens is 386 g/mol. The summed E-state index contributed by atoms with van der Waals surface area (Å²) in [6.07, 6.45) is 1.97. The highest BCUT2D eigenvalue weighted by molar-refractivity contribution is 14.1. The van der Waals surface area contributed by atoms with Gasteiger partial charge in [0.05, 0.1) is 5.56 Å². The first kappa shape index (κ1) is 16.0. The second kappa shape index (κ2) is 6.93. The van der Waals surface area contributed by atoms with Crippen molar-refractivity contribution >= 4 is 52.5 Å². The van der Waals surface area contributed by atoms with E-state index in [4.69, 9.17) is 17.3 Å². The fourth-order valence-electron chi connectivity index (χ4n) is 2.03. The molecule has 1 atom stereocenters. The lowest BCUT2D eigenvalue weighted by atomic mass is 10.1. The molecule has 0 unspecified atom stereocenters. The Morgan fingerprint density at radius 3 is 2.89 bits per heavy atom. The van der Waals surface area contributed by atoms with Gasteiger partial charge in [-0.2, -0.15) is 0 Å². The van der Waals surface area contributed by atoms with Gasteiger partial charge in [-0.25, -0.2) is 0 Å². The van der Waals surface area contributed by atoms with E-state index in [0.717, 1.165) is 23.0 Å². The average molecular weight is 401 g/mol. The van der Waals surface area contributed by atoms with Gasteiger partial charge in [-0.1, -0.05) is 11.6 Å². The number of hydrogen-bond acceptors (Lipinski definition) is 2. The molecule has 2 rings (SSSR count). The summed E-state index contributed by atoms with van der Waals surface area (Å²) in [5, 5.41) is 0.593. The normalized spacial score (nSPS) is 19.3. The highest BCUT2D eigenvalue weighted by atomic mass is 127. The summed E-state index contributed by atoms with van der Waals surface area (Å²) in [6, 6.07) is 5.48. The monoisotopic (exact) mass is 400 g/mol. The van der Waals surface area contributed by atoms with Crippen molar-refractivity contribution in [3.63, 3.8) is 0 Å². The van der Waals surface area contributed by atoms with Gasteiger partial charge in [-0.3, -0.25) is 4.79 Å². The molecule has 6 heteroatoms. The summed E-state index contributed by atoms with van der Waals surface area (Å²) >= 11 is 8.09. The van der Waals surface area contributed by atoms with E-state index >= 15 is 0 Å². The average Bonchev–Trinajstić information content (AvgIpc) is 2.31. The molecule has 0 radical (unpaired) electrons. The van der Waals surface area contributed by atoms with Crippen molar-refractivity contribution in [3.05, 3.63) is 32.4 Å². The molecule has 1 aromatic rings. The Balaban J connectivity index is 0.00000162. The van der Waals surface area contributed by atoms with Gasteiger partial charge in [-0.05, 0) is 53.6 Å². The minimum absolute atomic E-state index is 0. The highest BCUT2D eigenvalue weighted by Gasteiger charge is 2.23. The Labute approximate surface area is 132 Å². The van der Waals surface area contributed by atoms with Gasteiger partial charge in [-0.15, -0.1) is 12.4 Å². The molecule has 2 N–H and O–H groups in total. The molecule has 0 bridgehead atoms. The number of rotatable bonds is 1. The van der Waals surface area contributed by atoms with Gasteiger partial charge in [0.1, 0.15) is 0 Å². The molecular formula is C12H15Cl2IN2O. The van der Waals surface area contributed by atoms with Crippen molar-refractivity contribution in [3.8, 4) is 0 Å². The number of nitrogens with zero attached hydrogens (tertiary/aromatic N) is 1. The van der Waals surface area contributed by atoms with Crippen LogP contribution < -0.4 is 5.73 Å². The number of piperidine rings is 1. The first-order valence-electron chi connectivity index (χ1n) is 5.58. The number of carbonyl (C=O) groups excluding carboxylic acids is 1.